The van der Waals surface area contributed by atoms with Crippen LogP contribution in [-0.4, -0.2) is 35.0 Å². The van der Waals surface area contributed by atoms with Crippen LogP contribution >= 0.6 is 11.6 Å². The highest BCUT2D eigenvalue weighted by Gasteiger charge is 2.42. The van der Waals surface area contributed by atoms with E-state index in [0.29, 0.717) is 25.8 Å². The molecule has 1 aliphatic heterocycles. The van der Waals surface area contributed by atoms with Gasteiger partial charge in [-0.05, 0) is 37.5 Å². The van der Waals surface area contributed by atoms with Crippen LogP contribution in [0.3, 0.4) is 0 Å². The van der Waals surface area contributed by atoms with Gasteiger partial charge in [-0.2, -0.15) is 0 Å². The number of carbonyl (C=O) groups is 2. The van der Waals surface area contributed by atoms with Gasteiger partial charge in [-0.3, -0.25) is 9.59 Å². The molecule has 0 aromatic heterocycles. The molecule has 1 aliphatic rings. The van der Waals surface area contributed by atoms with Crippen molar-refractivity contribution in [2.24, 2.45) is 5.41 Å². The summed E-state index contributed by atoms with van der Waals surface area (Å²) < 4.78 is 13.8. The standard InChI is InChI=1S/C15H17ClFNO3/c1-2-15(14(20)21)6-3-7-18(9-15)13(19)11-8-10(16)4-5-12(11)17/h4-5,8H,2-3,6-7,9H2,1H3,(H,20,21). The predicted molar refractivity (Wildman–Crippen MR) is 76.9 cm³/mol. The van der Waals surface area contributed by atoms with E-state index in [1.54, 1.807) is 6.92 Å². The molecule has 1 unspecified atom stereocenters. The highest BCUT2D eigenvalue weighted by Crippen LogP contribution is 2.34. The second-order valence-electron chi connectivity index (χ2n) is 5.39. The van der Waals surface area contributed by atoms with Crippen molar-refractivity contribution in [1.29, 1.82) is 0 Å². The number of carbonyl (C=O) groups excluding carboxylic acids is 1. The van der Waals surface area contributed by atoms with E-state index in [9.17, 15) is 19.1 Å². The van der Waals surface area contributed by atoms with Gasteiger partial charge in [0, 0.05) is 18.1 Å². The number of nitrogens with zero attached hydrogens (tertiary/aromatic N) is 1. The van der Waals surface area contributed by atoms with Crippen LogP contribution in [0.2, 0.25) is 5.02 Å². The quantitative estimate of drug-likeness (QED) is 0.932. The van der Waals surface area contributed by atoms with Crippen molar-refractivity contribution >= 4 is 23.5 Å². The average molecular weight is 314 g/mol. The number of carboxylic acid groups (broad SMARTS) is 1. The molecule has 114 valence electrons. The topological polar surface area (TPSA) is 57.6 Å². The zero-order valence-corrected chi connectivity index (χ0v) is 12.5. The first-order valence-corrected chi connectivity index (χ1v) is 7.25. The summed E-state index contributed by atoms with van der Waals surface area (Å²) in [7, 11) is 0. The Morgan fingerprint density at radius 2 is 2.19 bits per heavy atom. The molecule has 0 saturated carbocycles. The number of rotatable bonds is 3. The summed E-state index contributed by atoms with van der Waals surface area (Å²) in [6.45, 7) is 2.32. The van der Waals surface area contributed by atoms with Gasteiger partial charge in [0.15, 0.2) is 0 Å². The molecular formula is C15H17ClFNO3. The second kappa shape index (κ2) is 6.02. The number of halogens is 2. The minimum absolute atomic E-state index is 0.101. The molecule has 0 radical (unpaired) electrons. The SMILES string of the molecule is CCC1(C(=O)O)CCCN(C(=O)c2cc(Cl)ccc2F)C1. The van der Waals surface area contributed by atoms with Crippen molar-refractivity contribution in [2.75, 3.05) is 13.1 Å². The Kier molecular flexibility index (Phi) is 4.52. The Labute approximate surface area is 127 Å². The monoisotopic (exact) mass is 313 g/mol. The fourth-order valence-corrected chi connectivity index (χ4v) is 2.92. The Hall–Kier alpha value is -1.62. The van der Waals surface area contributed by atoms with Crippen molar-refractivity contribution in [3.8, 4) is 0 Å². The molecule has 1 N–H and O–H groups in total. The summed E-state index contributed by atoms with van der Waals surface area (Å²) >= 11 is 5.80. The molecule has 0 spiro atoms. The fraction of sp³-hybridized carbons (Fsp3) is 0.467. The van der Waals surface area contributed by atoms with Gasteiger partial charge in [-0.15, -0.1) is 0 Å². The van der Waals surface area contributed by atoms with Crippen molar-refractivity contribution < 1.29 is 19.1 Å². The third kappa shape index (κ3) is 3.02. The van der Waals surface area contributed by atoms with Gasteiger partial charge in [-0.1, -0.05) is 18.5 Å². The lowest BCUT2D eigenvalue weighted by molar-refractivity contribution is -0.152. The zero-order valence-electron chi connectivity index (χ0n) is 11.7. The molecule has 0 aliphatic carbocycles. The van der Waals surface area contributed by atoms with Crippen LogP contribution in [0.4, 0.5) is 4.39 Å². The minimum Gasteiger partial charge on any atom is -0.481 e. The minimum atomic E-state index is -0.942. The van der Waals surface area contributed by atoms with E-state index in [1.165, 1.54) is 17.0 Å². The third-order valence-corrected chi connectivity index (χ3v) is 4.39. The molecule has 1 aromatic rings. The Balaban J connectivity index is 2.27. The zero-order chi connectivity index (χ0) is 15.6. The number of carboxylic acids is 1. The van der Waals surface area contributed by atoms with Gasteiger partial charge in [0.2, 0.25) is 0 Å². The van der Waals surface area contributed by atoms with Gasteiger partial charge in [0.25, 0.3) is 5.91 Å². The first-order chi connectivity index (χ1) is 9.89. The van der Waals surface area contributed by atoms with Crippen LogP contribution < -0.4 is 0 Å². The lowest BCUT2D eigenvalue weighted by atomic mass is 9.77. The number of amides is 1. The van der Waals surface area contributed by atoms with E-state index in [4.69, 9.17) is 11.6 Å². The lowest BCUT2D eigenvalue weighted by Crippen LogP contribution is -2.49. The Morgan fingerprint density at radius 1 is 1.48 bits per heavy atom. The van der Waals surface area contributed by atoms with E-state index in [1.807, 2.05) is 0 Å². The molecule has 6 heteroatoms. The molecule has 0 bridgehead atoms. The van der Waals surface area contributed by atoms with E-state index >= 15 is 0 Å². The summed E-state index contributed by atoms with van der Waals surface area (Å²) in [5.41, 5.74) is -1.05. The molecule has 1 aromatic carbocycles. The largest absolute Gasteiger partial charge is 0.481 e. The number of aliphatic carboxylic acids is 1. The summed E-state index contributed by atoms with van der Waals surface area (Å²) in [5.74, 6) is -2.06. The maximum Gasteiger partial charge on any atom is 0.311 e. The van der Waals surface area contributed by atoms with Crippen LogP contribution in [0.5, 0.6) is 0 Å². The van der Waals surface area contributed by atoms with Gasteiger partial charge < -0.3 is 10.0 Å². The number of hydrogen-bond donors (Lipinski definition) is 1. The number of hydrogen-bond acceptors (Lipinski definition) is 2. The summed E-state index contributed by atoms with van der Waals surface area (Å²) in [6.07, 6.45) is 1.55. The van der Waals surface area contributed by atoms with E-state index in [0.717, 1.165) is 6.07 Å². The first-order valence-electron chi connectivity index (χ1n) is 6.87. The maximum absolute atomic E-state index is 13.8. The van der Waals surface area contributed by atoms with Crippen LogP contribution in [-0.2, 0) is 4.79 Å². The molecule has 2 rings (SSSR count). The molecule has 21 heavy (non-hydrogen) atoms. The molecule has 1 saturated heterocycles. The molecule has 1 fully saturated rings. The van der Waals surface area contributed by atoms with Crippen LogP contribution in [0.15, 0.2) is 18.2 Å². The van der Waals surface area contributed by atoms with E-state index in [-0.39, 0.29) is 17.1 Å². The maximum atomic E-state index is 13.8. The van der Waals surface area contributed by atoms with Gasteiger partial charge in [0.05, 0.1) is 11.0 Å². The van der Waals surface area contributed by atoms with E-state index in [2.05, 4.69) is 0 Å². The van der Waals surface area contributed by atoms with Crippen molar-refractivity contribution in [2.45, 2.75) is 26.2 Å². The van der Waals surface area contributed by atoms with Crippen LogP contribution in [0.25, 0.3) is 0 Å². The third-order valence-electron chi connectivity index (χ3n) is 4.15. The number of likely N-dealkylation sites (tertiary alicyclic amines) is 1. The first kappa shape index (κ1) is 15.8. The second-order valence-corrected chi connectivity index (χ2v) is 5.83. The van der Waals surface area contributed by atoms with Crippen molar-refractivity contribution in [3.05, 3.63) is 34.6 Å². The van der Waals surface area contributed by atoms with Crippen molar-refractivity contribution in [1.82, 2.24) is 4.90 Å². The fourth-order valence-electron chi connectivity index (χ4n) is 2.75. The summed E-state index contributed by atoms with van der Waals surface area (Å²) in [6, 6.07) is 3.80. The van der Waals surface area contributed by atoms with Crippen LogP contribution in [0, 0.1) is 11.2 Å². The van der Waals surface area contributed by atoms with Crippen LogP contribution in [0.1, 0.15) is 36.5 Å². The smallest absolute Gasteiger partial charge is 0.311 e. The van der Waals surface area contributed by atoms with Crippen molar-refractivity contribution in [3.63, 3.8) is 0 Å². The molecule has 1 heterocycles. The predicted octanol–water partition coefficient (Wildman–Crippen LogP) is 3.20. The Bertz CT molecular complexity index is 578. The summed E-state index contributed by atoms with van der Waals surface area (Å²) in [4.78, 5) is 25.3. The highest BCUT2D eigenvalue weighted by atomic mass is 35.5. The normalized spacial score (nSPS) is 22.1. The lowest BCUT2D eigenvalue weighted by Gasteiger charge is -2.39. The number of piperidine rings is 1. The van der Waals surface area contributed by atoms with Gasteiger partial charge in [0.1, 0.15) is 5.82 Å². The molecule has 4 nitrogen and oxygen atoms in total. The molecule has 1 amide bonds. The number of benzene rings is 1. The molecule has 1 atom stereocenters. The average Bonchev–Trinajstić information content (AvgIpc) is 2.48. The van der Waals surface area contributed by atoms with E-state index < -0.39 is 23.1 Å². The Morgan fingerprint density at radius 3 is 2.81 bits per heavy atom. The highest BCUT2D eigenvalue weighted by molar-refractivity contribution is 6.31. The molecular weight excluding hydrogens is 297 g/mol. The summed E-state index contributed by atoms with van der Waals surface area (Å²) in [5, 5.41) is 9.70. The van der Waals surface area contributed by atoms with Gasteiger partial charge in [-0.25, -0.2) is 4.39 Å². The van der Waals surface area contributed by atoms with Gasteiger partial charge >= 0.3 is 5.97 Å².